The molecule has 1 aromatic rings. The number of methoxy groups -OCH3 is 1. The minimum Gasteiger partial charge on any atom is -0.496 e. The predicted molar refractivity (Wildman–Crippen MR) is 69.5 cm³/mol. The first-order valence-electron chi connectivity index (χ1n) is 5.23. The fourth-order valence-electron chi connectivity index (χ4n) is 1.67. The summed E-state index contributed by atoms with van der Waals surface area (Å²) in [4.78, 5) is 11.1. The van der Waals surface area contributed by atoms with Crippen LogP contribution in [0.1, 0.15) is 30.9 Å². The Bertz CT molecular complexity index is 465. The molecule has 0 spiro atoms. The number of hydrogen-bond acceptors (Lipinski definition) is 3. The van der Waals surface area contributed by atoms with Crippen LogP contribution in [0.4, 0.5) is 0 Å². The Kier molecular flexibility index (Phi) is 4.71. The standard InChI is InChI=1S/C13H14BrNO2/c1-8(13(14)9(2)16)11-5-4-10(7-15)6-12(11)17-3/h4-6,8,13H,1-3H3. The van der Waals surface area contributed by atoms with Crippen LogP contribution in [-0.4, -0.2) is 17.7 Å². The largest absolute Gasteiger partial charge is 0.496 e. The first-order chi connectivity index (χ1) is 8.01. The lowest BCUT2D eigenvalue weighted by Crippen LogP contribution is -2.18. The van der Waals surface area contributed by atoms with Gasteiger partial charge in [-0.3, -0.25) is 4.79 Å². The zero-order chi connectivity index (χ0) is 13.0. The second-order valence-electron chi connectivity index (χ2n) is 3.87. The Balaban J connectivity index is 3.14. The molecule has 0 radical (unpaired) electrons. The van der Waals surface area contributed by atoms with E-state index in [4.69, 9.17) is 10.00 Å². The van der Waals surface area contributed by atoms with Gasteiger partial charge in [-0.05, 0) is 24.6 Å². The van der Waals surface area contributed by atoms with Crippen molar-refractivity contribution in [1.82, 2.24) is 0 Å². The molecule has 4 heteroatoms. The van der Waals surface area contributed by atoms with Crippen LogP contribution < -0.4 is 4.74 Å². The Labute approximate surface area is 110 Å². The normalized spacial score (nSPS) is 13.6. The van der Waals surface area contributed by atoms with Crippen LogP contribution in [-0.2, 0) is 4.79 Å². The number of carbonyl (C=O) groups excluding carboxylic acids is 1. The smallest absolute Gasteiger partial charge is 0.144 e. The summed E-state index contributed by atoms with van der Waals surface area (Å²) >= 11 is 3.37. The molecular formula is C13H14BrNO2. The Morgan fingerprint density at radius 2 is 2.18 bits per heavy atom. The number of carbonyl (C=O) groups is 1. The van der Waals surface area contributed by atoms with Crippen molar-refractivity contribution in [1.29, 1.82) is 5.26 Å². The van der Waals surface area contributed by atoms with E-state index in [0.717, 1.165) is 5.56 Å². The number of ether oxygens (including phenoxy) is 1. The highest BCUT2D eigenvalue weighted by molar-refractivity contribution is 9.10. The molecule has 2 atom stereocenters. The summed E-state index contributed by atoms with van der Waals surface area (Å²) in [6.45, 7) is 3.50. The van der Waals surface area contributed by atoms with Gasteiger partial charge in [-0.25, -0.2) is 0 Å². The molecule has 90 valence electrons. The van der Waals surface area contributed by atoms with Gasteiger partial charge in [0.2, 0.25) is 0 Å². The summed E-state index contributed by atoms with van der Waals surface area (Å²) in [5.41, 5.74) is 1.47. The molecule has 0 aliphatic rings. The molecule has 0 aliphatic heterocycles. The van der Waals surface area contributed by atoms with Crippen molar-refractivity contribution >= 4 is 21.7 Å². The Morgan fingerprint density at radius 3 is 2.65 bits per heavy atom. The van der Waals surface area contributed by atoms with Crippen LogP contribution in [0, 0.1) is 11.3 Å². The average molecular weight is 296 g/mol. The highest BCUT2D eigenvalue weighted by Crippen LogP contribution is 2.32. The third-order valence-electron chi connectivity index (χ3n) is 2.68. The van der Waals surface area contributed by atoms with E-state index < -0.39 is 0 Å². The molecule has 0 bridgehead atoms. The minimum absolute atomic E-state index is 0.00445. The van der Waals surface area contributed by atoms with Crippen molar-refractivity contribution in [3.63, 3.8) is 0 Å². The number of nitriles is 1. The number of ketones is 1. The molecule has 0 saturated heterocycles. The van der Waals surface area contributed by atoms with Crippen molar-refractivity contribution in [2.24, 2.45) is 0 Å². The molecular weight excluding hydrogens is 282 g/mol. The Morgan fingerprint density at radius 1 is 1.53 bits per heavy atom. The average Bonchev–Trinajstić information content (AvgIpc) is 2.35. The van der Waals surface area contributed by atoms with Crippen LogP contribution >= 0.6 is 15.9 Å². The van der Waals surface area contributed by atoms with E-state index in [1.165, 1.54) is 0 Å². The van der Waals surface area contributed by atoms with Crippen LogP contribution in [0.2, 0.25) is 0 Å². The molecule has 0 fully saturated rings. The maximum Gasteiger partial charge on any atom is 0.144 e. The number of rotatable bonds is 4. The maximum absolute atomic E-state index is 11.3. The third-order valence-corrected chi connectivity index (χ3v) is 4.12. The fraction of sp³-hybridized carbons (Fsp3) is 0.385. The van der Waals surface area contributed by atoms with Gasteiger partial charge in [0, 0.05) is 5.92 Å². The topological polar surface area (TPSA) is 50.1 Å². The number of Topliss-reactive ketones (excluding diaryl/α,β-unsaturated/α-hetero) is 1. The molecule has 0 heterocycles. The second-order valence-corrected chi connectivity index (χ2v) is 4.86. The van der Waals surface area contributed by atoms with Crippen LogP contribution in [0.25, 0.3) is 0 Å². The number of halogens is 1. The van der Waals surface area contributed by atoms with Crippen molar-refractivity contribution in [2.75, 3.05) is 7.11 Å². The van der Waals surface area contributed by atoms with Gasteiger partial charge in [-0.1, -0.05) is 28.9 Å². The van der Waals surface area contributed by atoms with Gasteiger partial charge in [0.25, 0.3) is 0 Å². The molecule has 0 amide bonds. The summed E-state index contributed by atoms with van der Waals surface area (Å²) in [5, 5.41) is 8.82. The quantitative estimate of drug-likeness (QED) is 0.802. The number of hydrogen-bond donors (Lipinski definition) is 0. The van der Waals surface area contributed by atoms with E-state index in [9.17, 15) is 4.79 Å². The van der Waals surface area contributed by atoms with Crippen molar-refractivity contribution in [2.45, 2.75) is 24.6 Å². The number of alkyl halides is 1. The minimum atomic E-state index is -0.246. The summed E-state index contributed by atoms with van der Waals surface area (Å²) < 4.78 is 5.26. The summed E-state index contributed by atoms with van der Waals surface area (Å²) in [5.74, 6) is 0.710. The van der Waals surface area contributed by atoms with E-state index in [2.05, 4.69) is 22.0 Å². The highest BCUT2D eigenvalue weighted by atomic mass is 79.9. The van der Waals surface area contributed by atoms with Crippen LogP contribution in [0.3, 0.4) is 0 Å². The van der Waals surface area contributed by atoms with E-state index in [0.29, 0.717) is 11.3 Å². The van der Waals surface area contributed by atoms with Gasteiger partial charge in [-0.15, -0.1) is 0 Å². The highest BCUT2D eigenvalue weighted by Gasteiger charge is 2.23. The number of benzene rings is 1. The zero-order valence-electron chi connectivity index (χ0n) is 10.0. The number of nitrogens with zero attached hydrogens (tertiary/aromatic N) is 1. The first kappa shape index (κ1) is 13.7. The molecule has 3 nitrogen and oxygen atoms in total. The van der Waals surface area contributed by atoms with Crippen molar-refractivity contribution in [3.05, 3.63) is 29.3 Å². The maximum atomic E-state index is 11.3. The summed E-state index contributed by atoms with van der Waals surface area (Å²) in [6.07, 6.45) is 0. The van der Waals surface area contributed by atoms with Crippen LogP contribution in [0.5, 0.6) is 5.75 Å². The molecule has 1 aromatic carbocycles. The predicted octanol–water partition coefficient (Wildman–Crippen LogP) is 3.02. The first-order valence-corrected chi connectivity index (χ1v) is 6.15. The monoisotopic (exact) mass is 295 g/mol. The van der Waals surface area contributed by atoms with Crippen molar-refractivity contribution in [3.8, 4) is 11.8 Å². The third kappa shape index (κ3) is 3.07. The van der Waals surface area contributed by atoms with Gasteiger partial charge in [0.05, 0.1) is 23.6 Å². The zero-order valence-corrected chi connectivity index (χ0v) is 11.6. The second kappa shape index (κ2) is 5.83. The lowest BCUT2D eigenvalue weighted by atomic mass is 9.94. The summed E-state index contributed by atoms with van der Waals surface area (Å²) in [7, 11) is 1.56. The fourth-order valence-corrected chi connectivity index (χ4v) is 1.95. The lowest BCUT2D eigenvalue weighted by molar-refractivity contribution is -0.116. The van der Waals surface area contributed by atoms with E-state index in [1.54, 1.807) is 26.2 Å². The summed E-state index contributed by atoms with van der Waals surface area (Å²) in [6, 6.07) is 7.31. The molecule has 0 aliphatic carbocycles. The van der Waals surface area contributed by atoms with E-state index in [-0.39, 0.29) is 16.5 Å². The lowest BCUT2D eigenvalue weighted by Gasteiger charge is -2.19. The van der Waals surface area contributed by atoms with E-state index in [1.807, 2.05) is 13.0 Å². The SMILES string of the molecule is COc1cc(C#N)ccc1C(C)C(Br)C(C)=O. The van der Waals surface area contributed by atoms with Gasteiger partial charge in [0.1, 0.15) is 11.5 Å². The Hall–Kier alpha value is -1.34. The van der Waals surface area contributed by atoms with E-state index >= 15 is 0 Å². The molecule has 1 rings (SSSR count). The van der Waals surface area contributed by atoms with Crippen molar-refractivity contribution < 1.29 is 9.53 Å². The molecule has 17 heavy (non-hydrogen) atoms. The molecule has 2 unspecified atom stereocenters. The van der Waals surface area contributed by atoms with Gasteiger partial charge < -0.3 is 4.74 Å². The molecule has 0 saturated carbocycles. The van der Waals surface area contributed by atoms with Gasteiger partial charge in [-0.2, -0.15) is 5.26 Å². The van der Waals surface area contributed by atoms with Gasteiger partial charge >= 0.3 is 0 Å². The molecule has 0 aromatic heterocycles. The van der Waals surface area contributed by atoms with Crippen LogP contribution in [0.15, 0.2) is 18.2 Å². The van der Waals surface area contributed by atoms with Gasteiger partial charge in [0.15, 0.2) is 0 Å². The molecule has 0 N–H and O–H groups in total.